The average molecular weight is 266 g/mol. The summed E-state index contributed by atoms with van der Waals surface area (Å²) in [6, 6.07) is 0. The summed E-state index contributed by atoms with van der Waals surface area (Å²) in [7, 11) is 0. The number of hydrogen-bond donors (Lipinski definition) is 5. The van der Waals surface area contributed by atoms with E-state index in [2.05, 4.69) is 10.7 Å². The van der Waals surface area contributed by atoms with Crippen LogP contribution < -0.4 is 11.6 Å². The highest BCUT2D eigenvalue weighted by Gasteiger charge is 2.31. The summed E-state index contributed by atoms with van der Waals surface area (Å²) in [6.07, 6.45) is -1.86. The lowest BCUT2D eigenvalue weighted by atomic mass is 10.2. The van der Waals surface area contributed by atoms with Gasteiger partial charge in [0.15, 0.2) is 12.2 Å². The summed E-state index contributed by atoms with van der Waals surface area (Å²) in [5, 5.41) is 25.1. The van der Waals surface area contributed by atoms with Crippen molar-refractivity contribution in [3.8, 4) is 0 Å². The van der Waals surface area contributed by atoms with Crippen LogP contribution in [-0.2, 0) is 19.2 Å². The van der Waals surface area contributed by atoms with Gasteiger partial charge in [-0.25, -0.2) is 9.59 Å². The lowest BCUT2D eigenvalue weighted by Gasteiger charge is -2.09. The second kappa shape index (κ2) is 10.4. The molecule has 0 radical (unpaired) electrons. The predicted octanol–water partition coefficient (Wildman–Crippen LogP) is -2.13. The van der Waals surface area contributed by atoms with Crippen LogP contribution in [0.3, 0.4) is 0 Å². The molecule has 0 heterocycles. The van der Waals surface area contributed by atoms with Crippen LogP contribution in [0.15, 0.2) is 0 Å². The van der Waals surface area contributed by atoms with Crippen LogP contribution in [-0.4, -0.2) is 45.4 Å². The molecule has 0 spiro atoms. The number of unbranched alkanes of at least 4 members (excludes halogenated alkanes) is 1. The van der Waals surface area contributed by atoms with Crippen molar-refractivity contribution in [3.05, 3.63) is 0 Å². The fourth-order valence-corrected chi connectivity index (χ4v) is 0.685. The van der Waals surface area contributed by atoms with Crippen molar-refractivity contribution in [2.24, 2.45) is 11.6 Å². The molecule has 0 saturated heterocycles. The van der Waals surface area contributed by atoms with Crippen molar-refractivity contribution in [2.75, 3.05) is 0 Å². The molecule has 0 aliphatic heterocycles. The van der Waals surface area contributed by atoms with Gasteiger partial charge in [-0.3, -0.25) is 4.79 Å². The lowest BCUT2D eigenvalue weighted by Crippen LogP contribution is -2.41. The van der Waals surface area contributed by atoms with Crippen LogP contribution in [0.4, 0.5) is 0 Å². The van der Waals surface area contributed by atoms with E-state index in [1.165, 1.54) is 0 Å². The molecule has 2 atom stereocenters. The van der Waals surface area contributed by atoms with Gasteiger partial charge in [-0.05, 0) is 6.42 Å². The predicted molar refractivity (Wildman–Crippen MR) is 58.6 cm³/mol. The van der Waals surface area contributed by atoms with Gasteiger partial charge >= 0.3 is 11.9 Å². The van der Waals surface area contributed by atoms with Gasteiger partial charge in [-0.2, -0.15) is 5.90 Å². The molecular weight excluding hydrogens is 248 g/mol. The molecule has 0 aromatic rings. The van der Waals surface area contributed by atoms with Gasteiger partial charge in [0.2, 0.25) is 5.91 Å². The van der Waals surface area contributed by atoms with E-state index in [1.807, 2.05) is 6.92 Å². The Kier molecular flexibility index (Phi) is 10.8. The summed E-state index contributed by atoms with van der Waals surface area (Å²) in [5.74, 6) is 0.968. The molecule has 18 heavy (non-hydrogen) atoms. The molecule has 0 rings (SSSR count). The average Bonchev–Trinajstić information content (AvgIpc) is 2.33. The van der Waals surface area contributed by atoms with Crippen molar-refractivity contribution in [1.29, 1.82) is 0 Å². The molecule has 0 fully saturated rings. The summed E-state index contributed by atoms with van der Waals surface area (Å²) >= 11 is 0. The number of hydrogen-bond acceptors (Lipinski definition) is 7. The van der Waals surface area contributed by atoms with Crippen molar-refractivity contribution in [1.82, 2.24) is 0 Å². The van der Waals surface area contributed by atoms with Crippen molar-refractivity contribution in [2.45, 2.75) is 38.4 Å². The summed E-state index contributed by atoms with van der Waals surface area (Å²) in [5.41, 5.74) is 4.84. The molecule has 0 bridgehead atoms. The van der Waals surface area contributed by atoms with Gasteiger partial charge in [-0.15, -0.1) is 0 Å². The van der Waals surface area contributed by atoms with Gasteiger partial charge in [0, 0.05) is 6.42 Å². The maximum atomic E-state index is 10.2. The Balaban J connectivity index is 0. The Bertz CT molecular complexity index is 282. The molecule has 9 nitrogen and oxygen atoms in total. The summed E-state index contributed by atoms with van der Waals surface area (Å²) in [4.78, 5) is 33.6. The fraction of sp³-hybridized carbons (Fsp3) is 0.667. The van der Waals surface area contributed by atoms with Crippen molar-refractivity contribution >= 4 is 17.8 Å². The Hall–Kier alpha value is -1.71. The number of carboxylic acid groups (broad SMARTS) is 1. The zero-order valence-electron chi connectivity index (χ0n) is 9.91. The van der Waals surface area contributed by atoms with E-state index in [1.54, 1.807) is 0 Å². The highest BCUT2D eigenvalue weighted by atomic mass is 16.7. The number of aliphatic hydroxyl groups excluding tert-OH is 2. The van der Waals surface area contributed by atoms with E-state index in [9.17, 15) is 14.4 Å². The molecule has 0 saturated carbocycles. The first-order valence-corrected chi connectivity index (χ1v) is 5.05. The van der Waals surface area contributed by atoms with Crippen LogP contribution in [0.5, 0.6) is 0 Å². The van der Waals surface area contributed by atoms with Crippen LogP contribution in [0.2, 0.25) is 0 Å². The zero-order valence-corrected chi connectivity index (χ0v) is 9.91. The number of aliphatic hydroxyl groups is 2. The van der Waals surface area contributed by atoms with E-state index in [0.717, 1.165) is 12.8 Å². The van der Waals surface area contributed by atoms with E-state index in [-0.39, 0.29) is 5.91 Å². The van der Waals surface area contributed by atoms with Crippen LogP contribution in [0.25, 0.3) is 0 Å². The Morgan fingerprint density at radius 2 is 1.72 bits per heavy atom. The fourth-order valence-electron chi connectivity index (χ4n) is 0.685. The Morgan fingerprint density at radius 3 is 1.94 bits per heavy atom. The third kappa shape index (κ3) is 9.51. The van der Waals surface area contributed by atoms with E-state index in [4.69, 9.17) is 21.1 Å². The van der Waals surface area contributed by atoms with Gasteiger partial charge < -0.3 is 25.9 Å². The highest BCUT2D eigenvalue weighted by Crippen LogP contribution is 1.94. The third-order valence-corrected chi connectivity index (χ3v) is 1.69. The topological polar surface area (TPSA) is 173 Å². The van der Waals surface area contributed by atoms with Gasteiger partial charge in [0.25, 0.3) is 0 Å². The van der Waals surface area contributed by atoms with Gasteiger partial charge in [0.05, 0.1) is 0 Å². The molecule has 7 N–H and O–H groups in total. The summed E-state index contributed by atoms with van der Waals surface area (Å²) in [6.45, 7) is 2.03. The molecule has 0 aliphatic carbocycles. The SMILES string of the molecule is CCCCC(N)=O.NOC(=O)C(O)C(O)C(=O)O. The molecular formula is C9H18N2O7. The lowest BCUT2D eigenvalue weighted by molar-refractivity contribution is -0.170. The van der Waals surface area contributed by atoms with Crippen LogP contribution in [0.1, 0.15) is 26.2 Å². The first-order valence-electron chi connectivity index (χ1n) is 5.05. The van der Waals surface area contributed by atoms with Gasteiger partial charge in [-0.1, -0.05) is 13.3 Å². The number of carbonyl (C=O) groups is 3. The number of carbonyl (C=O) groups excluding carboxylic acids is 2. The second-order valence-corrected chi connectivity index (χ2v) is 3.23. The number of amides is 1. The minimum atomic E-state index is -2.22. The maximum absolute atomic E-state index is 10.2. The molecule has 0 aliphatic rings. The Labute approximate surface area is 103 Å². The quantitative estimate of drug-likeness (QED) is 0.339. The molecule has 106 valence electrons. The smallest absolute Gasteiger partial charge is 0.356 e. The molecule has 9 heteroatoms. The minimum absolute atomic E-state index is 0.193. The second-order valence-electron chi connectivity index (χ2n) is 3.23. The number of rotatable bonds is 6. The standard InChI is InChI=1S/C5H11NO.C4H7NO6/c1-2-3-4-5(6)7;5-11-4(10)2(7)1(6)3(8)9/h2-4H2,1H3,(H2,6,7);1-2,6-7H,5H2,(H,8,9). The number of primary amides is 1. The zero-order chi connectivity index (χ0) is 14.7. The molecule has 2 unspecified atom stereocenters. The van der Waals surface area contributed by atoms with Crippen LogP contribution >= 0.6 is 0 Å². The van der Waals surface area contributed by atoms with Crippen molar-refractivity contribution < 1.29 is 34.5 Å². The van der Waals surface area contributed by atoms with Crippen LogP contribution in [0, 0.1) is 0 Å². The van der Waals surface area contributed by atoms with E-state index in [0.29, 0.717) is 6.42 Å². The largest absolute Gasteiger partial charge is 0.479 e. The van der Waals surface area contributed by atoms with E-state index < -0.39 is 24.1 Å². The molecule has 1 amide bonds. The highest BCUT2D eigenvalue weighted by molar-refractivity contribution is 5.83. The third-order valence-electron chi connectivity index (χ3n) is 1.69. The normalized spacial score (nSPS) is 12.7. The molecule has 0 aromatic carbocycles. The number of carboxylic acids is 1. The Morgan fingerprint density at radius 1 is 1.22 bits per heavy atom. The molecule has 0 aromatic heterocycles. The number of nitrogens with two attached hydrogens (primary N) is 2. The first-order chi connectivity index (χ1) is 8.27. The van der Waals surface area contributed by atoms with Crippen molar-refractivity contribution in [3.63, 3.8) is 0 Å². The number of aliphatic carboxylic acids is 1. The monoisotopic (exact) mass is 266 g/mol. The minimum Gasteiger partial charge on any atom is -0.479 e. The van der Waals surface area contributed by atoms with Gasteiger partial charge in [0.1, 0.15) is 0 Å². The van der Waals surface area contributed by atoms with E-state index >= 15 is 0 Å². The summed E-state index contributed by atoms with van der Waals surface area (Å²) < 4.78 is 0. The maximum Gasteiger partial charge on any atom is 0.356 e. The first kappa shape index (κ1) is 18.6.